The molecule has 1 aliphatic heterocycles. The quantitative estimate of drug-likeness (QED) is 0.717. The zero-order valence-electron chi connectivity index (χ0n) is 10.1. The Bertz CT molecular complexity index is 414. The molecule has 5 nitrogen and oxygen atoms in total. The van der Waals surface area contributed by atoms with Crippen LogP contribution < -0.4 is 4.90 Å². The first-order valence-electron chi connectivity index (χ1n) is 5.60. The van der Waals surface area contributed by atoms with Gasteiger partial charge in [0.1, 0.15) is 5.56 Å². The van der Waals surface area contributed by atoms with E-state index in [0.717, 1.165) is 24.5 Å². The molecule has 0 amide bonds. The van der Waals surface area contributed by atoms with Gasteiger partial charge in [-0.2, -0.15) is 0 Å². The summed E-state index contributed by atoms with van der Waals surface area (Å²) in [4.78, 5) is 17.9. The van der Waals surface area contributed by atoms with E-state index in [1.807, 2.05) is 13.0 Å². The Hall–Kier alpha value is -1.62. The van der Waals surface area contributed by atoms with Crippen molar-refractivity contribution in [3.63, 3.8) is 0 Å². The average molecular weight is 236 g/mol. The zero-order chi connectivity index (χ0) is 12.3. The topological polar surface area (TPSA) is 51.7 Å². The van der Waals surface area contributed by atoms with Crippen molar-refractivity contribution >= 4 is 11.7 Å². The Morgan fingerprint density at radius 2 is 2.18 bits per heavy atom. The number of esters is 1. The van der Waals surface area contributed by atoms with Gasteiger partial charge < -0.3 is 14.4 Å². The van der Waals surface area contributed by atoms with Crippen LogP contribution in [0.4, 0.5) is 5.69 Å². The number of hydrogen-bond donors (Lipinski definition) is 0. The molecule has 0 unspecified atom stereocenters. The maximum absolute atomic E-state index is 11.7. The second-order valence-corrected chi connectivity index (χ2v) is 3.93. The van der Waals surface area contributed by atoms with Crippen LogP contribution in [0.5, 0.6) is 0 Å². The van der Waals surface area contributed by atoms with Crippen LogP contribution in [0.15, 0.2) is 12.3 Å². The minimum atomic E-state index is -0.348. The maximum Gasteiger partial charge on any atom is 0.341 e. The van der Waals surface area contributed by atoms with Crippen LogP contribution in [-0.2, 0) is 9.47 Å². The van der Waals surface area contributed by atoms with E-state index >= 15 is 0 Å². The van der Waals surface area contributed by atoms with Gasteiger partial charge in [-0.1, -0.05) is 0 Å². The van der Waals surface area contributed by atoms with Gasteiger partial charge in [-0.25, -0.2) is 4.79 Å². The van der Waals surface area contributed by atoms with Crippen molar-refractivity contribution in [3.8, 4) is 0 Å². The lowest BCUT2D eigenvalue weighted by molar-refractivity contribution is 0.0600. The van der Waals surface area contributed by atoms with Gasteiger partial charge in [0.05, 0.1) is 26.0 Å². The monoisotopic (exact) mass is 236 g/mol. The smallest absolute Gasteiger partial charge is 0.341 e. The van der Waals surface area contributed by atoms with E-state index in [2.05, 4.69) is 9.88 Å². The van der Waals surface area contributed by atoms with E-state index in [9.17, 15) is 4.79 Å². The molecule has 0 aliphatic carbocycles. The minimum absolute atomic E-state index is 0.348. The van der Waals surface area contributed by atoms with Crippen LogP contribution in [0.2, 0.25) is 0 Å². The first-order chi connectivity index (χ1) is 8.22. The number of aryl methyl sites for hydroxylation is 1. The number of methoxy groups -OCH3 is 1. The molecule has 0 bridgehead atoms. The van der Waals surface area contributed by atoms with E-state index in [4.69, 9.17) is 9.47 Å². The van der Waals surface area contributed by atoms with Crippen molar-refractivity contribution < 1.29 is 14.3 Å². The molecule has 2 rings (SSSR count). The van der Waals surface area contributed by atoms with Crippen LogP contribution in [0.25, 0.3) is 0 Å². The fourth-order valence-corrected chi connectivity index (χ4v) is 1.88. The molecular formula is C12H16N2O3. The predicted molar refractivity (Wildman–Crippen MR) is 63.3 cm³/mol. The van der Waals surface area contributed by atoms with Crippen LogP contribution in [-0.4, -0.2) is 44.4 Å². The van der Waals surface area contributed by atoms with Gasteiger partial charge in [0.25, 0.3) is 0 Å². The zero-order valence-corrected chi connectivity index (χ0v) is 10.1. The molecule has 0 atom stereocenters. The lowest BCUT2D eigenvalue weighted by Gasteiger charge is -2.30. The van der Waals surface area contributed by atoms with Crippen molar-refractivity contribution in [2.45, 2.75) is 6.92 Å². The first kappa shape index (κ1) is 11.9. The van der Waals surface area contributed by atoms with Gasteiger partial charge in [-0.05, 0) is 13.0 Å². The molecule has 0 N–H and O–H groups in total. The van der Waals surface area contributed by atoms with E-state index in [1.165, 1.54) is 7.11 Å². The summed E-state index contributed by atoms with van der Waals surface area (Å²) in [6.45, 7) is 4.84. The number of hydrogen-bond acceptors (Lipinski definition) is 5. The van der Waals surface area contributed by atoms with Gasteiger partial charge in [0.15, 0.2) is 0 Å². The number of anilines is 1. The Kier molecular flexibility index (Phi) is 3.58. The molecule has 17 heavy (non-hydrogen) atoms. The molecule has 1 fully saturated rings. The van der Waals surface area contributed by atoms with Crippen LogP contribution in [0.3, 0.4) is 0 Å². The average Bonchev–Trinajstić information content (AvgIpc) is 2.39. The van der Waals surface area contributed by atoms with Gasteiger partial charge in [-0.3, -0.25) is 4.98 Å². The third kappa shape index (κ3) is 2.55. The summed E-state index contributed by atoms with van der Waals surface area (Å²) in [6.07, 6.45) is 1.58. The number of carbonyl (C=O) groups is 1. The highest BCUT2D eigenvalue weighted by Crippen LogP contribution is 2.22. The highest BCUT2D eigenvalue weighted by atomic mass is 16.5. The molecular weight excluding hydrogens is 220 g/mol. The fourth-order valence-electron chi connectivity index (χ4n) is 1.88. The summed E-state index contributed by atoms with van der Waals surface area (Å²) in [5.41, 5.74) is 2.28. The first-order valence-corrected chi connectivity index (χ1v) is 5.60. The molecule has 1 aromatic heterocycles. The van der Waals surface area contributed by atoms with Crippen LogP contribution in [0.1, 0.15) is 16.1 Å². The van der Waals surface area contributed by atoms with E-state index in [-0.39, 0.29) is 5.97 Å². The molecule has 0 saturated carbocycles. The molecule has 2 heterocycles. The van der Waals surface area contributed by atoms with E-state index in [0.29, 0.717) is 18.8 Å². The predicted octanol–water partition coefficient (Wildman–Crippen LogP) is 1.01. The molecule has 1 aromatic rings. The molecule has 1 saturated heterocycles. The van der Waals surface area contributed by atoms with Crippen LogP contribution in [0, 0.1) is 6.92 Å². The molecule has 0 radical (unpaired) electrons. The Morgan fingerprint density at radius 1 is 1.47 bits per heavy atom. The highest BCUT2D eigenvalue weighted by molar-refractivity contribution is 5.95. The lowest BCUT2D eigenvalue weighted by atomic mass is 10.2. The Morgan fingerprint density at radius 3 is 2.82 bits per heavy atom. The lowest BCUT2D eigenvalue weighted by Crippen LogP contribution is -2.37. The summed E-state index contributed by atoms with van der Waals surface area (Å²) < 4.78 is 10.1. The summed E-state index contributed by atoms with van der Waals surface area (Å²) >= 11 is 0. The number of morpholine rings is 1. The van der Waals surface area contributed by atoms with E-state index < -0.39 is 0 Å². The molecule has 5 heteroatoms. The fraction of sp³-hybridized carbons (Fsp3) is 0.500. The second kappa shape index (κ2) is 5.14. The number of rotatable bonds is 2. The second-order valence-electron chi connectivity index (χ2n) is 3.93. The highest BCUT2D eigenvalue weighted by Gasteiger charge is 2.19. The third-order valence-corrected chi connectivity index (χ3v) is 2.78. The molecule has 1 aliphatic rings. The molecule has 0 aromatic carbocycles. The van der Waals surface area contributed by atoms with E-state index in [1.54, 1.807) is 6.20 Å². The summed E-state index contributed by atoms with van der Waals surface area (Å²) in [7, 11) is 1.38. The summed E-state index contributed by atoms with van der Waals surface area (Å²) in [5.74, 6) is -0.348. The van der Waals surface area contributed by atoms with Gasteiger partial charge in [-0.15, -0.1) is 0 Å². The van der Waals surface area contributed by atoms with Gasteiger partial charge in [0.2, 0.25) is 0 Å². The van der Waals surface area contributed by atoms with Crippen molar-refractivity contribution in [2.24, 2.45) is 0 Å². The Balaban J connectivity index is 2.35. The SMILES string of the molecule is COC(=O)c1cnc(C)cc1N1CCOCC1. The van der Waals surface area contributed by atoms with Crippen LogP contribution >= 0.6 is 0 Å². The number of ether oxygens (including phenoxy) is 2. The maximum atomic E-state index is 11.7. The molecule has 92 valence electrons. The number of nitrogens with zero attached hydrogens (tertiary/aromatic N) is 2. The van der Waals surface area contributed by atoms with Gasteiger partial charge >= 0.3 is 5.97 Å². The van der Waals surface area contributed by atoms with Crippen molar-refractivity contribution in [1.29, 1.82) is 0 Å². The summed E-state index contributed by atoms with van der Waals surface area (Å²) in [6, 6.07) is 1.91. The Labute approximate surface area is 100 Å². The number of carbonyl (C=O) groups excluding carboxylic acids is 1. The van der Waals surface area contributed by atoms with Crippen molar-refractivity contribution in [2.75, 3.05) is 38.3 Å². The number of pyridine rings is 1. The summed E-state index contributed by atoms with van der Waals surface area (Å²) in [5, 5.41) is 0. The standard InChI is InChI=1S/C12H16N2O3/c1-9-7-11(14-3-5-17-6-4-14)10(8-13-9)12(15)16-2/h7-8H,3-6H2,1-2H3. The normalized spacial score (nSPS) is 15.8. The molecule has 0 spiro atoms. The van der Waals surface area contributed by atoms with Crippen molar-refractivity contribution in [3.05, 3.63) is 23.5 Å². The van der Waals surface area contributed by atoms with Crippen molar-refractivity contribution in [1.82, 2.24) is 4.98 Å². The number of aromatic nitrogens is 1. The van der Waals surface area contributed by atoms with Gasteiger partial charge in [0, 0.05) is 25.0 Å². The third-order valence-electron chi connectivity index (χ3n) is 2.78. The largest absolute Gasteiger partial charge is 0.465 e. The minimum Gasteiger partial charge on any atom is -0.465 e.